The highest BCUT2D eigenvalue weighted by atomic mass is 32.2. The lowest BCUT2D eigenvalue weighted by Crippen LogP contribution is -2.46. The molecule has 0 saturated carbocycles. The van der Waals surface area contributed by atoms with Crippen molar-refractivity contribution in [3.63, 3.8) is 0 Å². The van der Waals surface area contributed by atoms with Gasteiger partial charge in [-0.3, -0.25) is 9.69 Å². The van der Waals surface area contributed by atoms with Crippen molar-refractivity contribution in [2.45, 2.75) is 45.2 Å². The van der Waals surface area contributed by atoms with Crippen LogP contribution in [0.4, 0.5) is 0 Å². The molecule has 1 unspecified atom stereocenters. The molecule has 0 aliphatic carbocycles. The van der Waals surface area contributed by atoms with Crippen LogP contribution < -0.4 is 5.32 Å². The summed E-state index contributed by atoms with van der Waals surface area (Å²) in [6.07, 6.45) is 3.16. The Morgan fingerprint density at radius 1 is 1.07 bits per heavy atom. The lowest BCUT2D eigenvalue weighted by Gasteiger charge is -2.35. The second-order valence-electron chi connectivity index (χ2n) is 8.04. The molecule has 5 nitrogen and oxygen atoms in total. The monoisotopic (exact) mass is 428 g/mol. The molecule has 0 saturated heterocycles. The number of aryl methyl sites for hydroxylation is 1. The van der Waals surface area contributed by atoms with Gasteiger partial charge in [0, 0.05) is 25.7 Å². The van der Waals surface area contributed by atoms with Crippen molar-refractivity contribution in [3.05, 3.63) is 71.3 Å². The highest BCUT2D eigenvalue weighted by Gasteiger charge is 2.23. The number of benzene rings is 2. The Morgan fingerprint density at radius 2 is 1.77 bits per heavy atom. The lowest BCUT2D eigenvalue weighted by atomic mass is 9.98. The van der Waals surface area contributed by atoms with Gasteiger partial charge >= 0.3 is 0 Å². The van der Waals surface area contributed by atoms with E-state index in [4.69, 9.17) is 0 Å². The molecule has 2 aromatic carbocycles. The molecule has 6 heteroatoms. The Morgan fingerprint density at radius 3 is 2.50 bits per heavy atom. The van der Waals surface area contributed by atoms with Crippen molar-refractivity contribution in [2.75, 3.05) is 24.6 Å². The second kappa shape index (κ2) is 10.7. The van der Waals surface area contributed by atoms with Crippen molar-refractivity contribution in [1.29, 1.82) is 0 Å². The Kier molecular flexibility index (Phi) is 8.05. The van der Waals surface area contributed by atoms with Crippen LogP contribution in [0.1, 0.15) is 36.5 Å². The lowest BCUT2D eigenvalue weighted by molar-refractivity contribution is -0.118. The molecule has 1 heterocycles. The molecular formula is C24H32N2O3S. The van der Waals surface area contributed by atoms with Crippen LogP contribution in [0.25, 0.3) is 0 Å². The maximum atomic E-state index is 12.3. The second-order valence-corrected chi connectivity index (χ2v) is 10.2. The average molecular weight is 429 g/mol. The number of nitrogens with zero attached hydrogens (tertiary/aromatic N) is 1. The van der Waals surface area contributed by atoms with Crippen LogP contribution in [0, 0.1) is 0 Å². The molecule has 30 heavy (non-hydrogen) atoms. The Hall–Kier alpha value is -2.18. The average Bonchev–Trinajstić information content (AvgIpc) is 2.74. The third-order valence-electron chi connectivity index (χ3n) is 5.80. The van der Waals surface area contributed by atoms with Crippen LogP contribution >= 0.6 is 0 Å². The van der Waals surface area contributed by atoms with Gasteiger partial charge in [0.1, 0.15) is 5.75 Å². The summed E-state index contributed by atoms with van der Waals surface area (Å²) in [5, 5.41) is 2.86. The molecule has 0 fully saturated rings. The SMILES string of the molecule is CCC(CNC(=O)CS(=O)(=O)CCCc1ccccc1)N1CCc2ccccc2C1. The van der Waals surface area contributed by atoms with Crippen LogP contribution in [0.15, 0.2) is 54.6 Å². The third-order valence-corrected chi connectivity index (χ3v) is 7.41. The minimum Gasteiger partial charge on any atom is -0.354 e. The van der Waals surface area contributed by atoms with Crippen molar-refractivity contribution in [2.24, 2.45) is 0 Å². The molecule has 0 bridgehead atoms. The standard InChI is InChI=1S/C24H32N2O3S/c1-2-23(26-15-14-21-12-6-7-13-22(21)18-26)17-25-24(27)19-30(28,29)16-8-11-20-9-4-3-5-10-20/h3-7,9-10,12-13,23H,2,8,11,14-19H2,1H3,(H,25,27). The number of carbonyl (C=O) groups is 1. The molecule has 1 amide bonds. The van der Waals surface area contributed by atoms with Gasteiger partial charge < -0.3 is 5.32 Å². The molecule has 1 atom stereocenters. The van der Waals surface area contributed by atoms with Gasteiger partial charge in [-0.1, -0.05) is 61.5 Å². The number of sulfone groups is 1. The zero-order chi connectivity index (χ0) is 21.4. The Balaban J connectivity index is 1.43. The van der Waals surface area contributed by atoms with Gasteiger partial charge in [0.2, 0.25) is 5.91 Å². The van der Waals surface area contributed by atoms with Crippen LogP contribution in [-0.2, 0) is 34.0 Å². The van der Waals surface area contributed by atoms with Crippen LogP contribution in [0.3, 0.4) is 0 Å². The summed E-state index contributed by atoms with van der Waals surface area (Å²) in [5.41, 5.74) is 3.86. The van der Waals surface area contributed by atoms with Crippen LogP contribution in [-0.4, -0.2) is 49.9 Å². The quantitative estimate of drug-likeness (QED) is 0.632. The first-order valence-electron chi connectivity index (χ1n) is 10.8. The summed E-state index contributed by atoms with van der Waals surface area (Å²) < 4.78 is 24.6. The first-order chi connectivity index (χ1) is 14.5. The number of rotatable bonds is 10. The van der Waals surface area contributed by atoms with E-state index in [1.807, 2.05) is 30.3 Å². The highest BCUT2D eigenvalue weighted by molar-refractivity contribution is 7.92. The van der Waals surface area contributed by atoms with Crippen molar-refractivity contribution in [3.8, 4) is 0 Å². The number of hydrogen-bond donors (Lipinski definition) is 1. The summed E-state index contributed by atoms with van der Waals surface area (Å²) in [6.45, 7) is 4.43. The minimum atomic E-state index is -3.40. The Bertz CT molecular complexity index is 928. The molecule has 1 N–H and O–H groups in total. The van der Waals surface area contributed by atoms with Gasteiger partial charge in [0.25, 0.3) is 0 Å². The summed E-state index contributed by atoms with van der Waals surface area (Å²) in [7, 11) is -3.40. The molecule has 0 spiro atoms. The molecule has 3 rings (SSSR count). The van der Waals surface area contributed by atoms with E-state index in [2.05, 4.69) is 41.4 Å². The zero-order valence-corrected chi connectivity index (χ0v) is 18.5. The van der Waals surface area contributed by atoms with Crippen LogP contribution in [0.5, 0.6) is 0 Å². The maximum absolute atomic E-state index is 12.3. The summed E-state index contributed by atoms with van der Waals surface area (Å²) in [4.78, 5) is 14.7. The fourth-order valence-corrected chi connectivity index (χ4v) is 5.29. The summed E-state index contributed by atoms with van der Waals surface area (Å²) >= 11 is 0. The van der Waals surface area contributed by atoms with Crippen LogP contribution in [0.2, 0.25) is 0 Å². The van der Waals surface area contributed by atoms with E-state index in [0.29, 0.717) is 19.4 Å². The number of fused-ring (bicyclic) bond motifs is 1. The normalized spacial score (nSPS) is 15.4. The number of nitrogens with one attached hydrogen (secondary N) is 1. The van der Waals surface area contributed by atoms with Gasteiger partial charge in [-0.2, -0.15) is 0 Å². The predicted octanol–water partition coefficient (Wildman–Crippen LogP) is 2.99. The third kappa shape index (κ3) is 6.67. The van der Waals surface area contributed by atoms with E-state index in [1.54, 1.807) is 0 Å². The molecule has 1 aliphatic rings. The molecule has 1 aliphatic heterocycles. The first kappa shape index (κ1) is 22.5. The van der Waals surface area contributed by atoms with E-state index in [1.165, 1.54) is 11.1 Å². The maximum Gasteiger partial charge on any atom is 0.235 e. The fraction of sp³-hybridized carbons (Fsp3) is 0.458. The van der Waals surface area contributed by atoms with Crippen molar-refractivity contribution < 1.29 is 13.2 Å². The van der Waals surface area contributed by atoms with Gasteiger partial charge in [-0.05, 0) is 42.4 Å². The molecule has 0 radical (unpaired) electrons. The van der Waals surface area contributed by atoms with E-state index in [9.17, 15) is 13.2 Å². The summed E-state index contributed by atoms with van der Waals surface area (Å²) in [6, 6.07) is 18.5. The first-order valence-corrected chi connectivity index (χ1v) is 12.6. The number of amides is 1. The van der Waals surface area contributed by atoms with Crippen molar-refractivity contribution >= 4 is 15.7 Å². The van der Waals surface area contributed by atoms with E-state index < -0.39 is 21.5 Å². The van der Waals surface area contributed by atoms with Gasteiger partial charge in [0.15, 0.2) is 9.84 Å². The largest absolute Gasteiger partial charge is 0.354 e. The van der Waals surface area contributed by atoms with Gasteiger partial charge in [-0.15, -0.1) is 0 Å². The molecule has 0 aromatic heterocycles. The van der Waals surface area contributed by atoms with Gasteiger partial charge in [-0.25, -0.2) is 8.42 Å². The topological polar surface area (TPSA) is 66.5 Å². The zero-order valence-electron chi connectivity index (χ0n) is 17.7. The predicted molar refractivity (Wildman–Crippen MR) is 121 cm³/mol. The van der Waals surface area contributed by atoms with Crippen molar-refractivity contribution in [1.82, 2.24) is 10.2 Å². The minimum absolute atomic E-state index is 0.0371. The smallest absolute Gasteiger partial charge is 0.235 e. The van der Waals surface area contributed by atoms with E-state index in [0.717, 1.165) is 31.5 Å². The molecule has 162 valence electrons. The Labute approximate surface area is 180 Å². The molecular weight excluding hydrogens is 396 g/mol. The number of carbonyl (C=O) groups excluding carboxylic acids is 1. The summed E-state index contributed by atoms with van der Waals surface area (Å²) in [5.74, 6) is -0.790. The highest BCUT2D eigenvalue weighted by Crippen LogP contribution is 2.21. The number of hydrogen-bond acceptors (Lipinski definition) is 4. The molecule has 2 aromatic rings. The fourth-order valence-electron chi connectivity index (χ4n) is 4.06. The van der Waals surface area contributed by atoms with Gasteiger partial charge in [0.05, 0.1) is 5.75 Å². The van der Waals surface area contributed by atoms with E-state index >= 15 is 0 Å². The van der Waals surface area contributed by atoms with E-state index in [-0.39, 0.29) is 11.8 Å².